The largest absolute Gasteiger partial charge is 0.479 e. The van der Waals surface area contributed by atoms with E-state index < -0.39 is 133 Å². The Bertz CT molecular complexity index is 2380. The van der Waals surface area contributed by atoms with E-state index in [-0.39, 0.29) is 87.9 Å². The van der Waals surface area contributed by atoms with E-state index in [0.29, 0.717) is 70.8 Å². The highest BCUT2D eigenvalue weighted by Crippen LogP contribution is 2.32. The molecule has 2 heterocycles. The number of rotatable bonds is 41. The van der Waals surface area contributed by atoms with Crippen molar-refractivity contribution < 1.29 is 92.0 Å². The van der Waals surface area contributed by atoms with Gasteiger partial charge in [0.05, 0.1) is 51.6 Å². The van der Waals surface area contributed by atoms with Crippen molar-refractivity contribution in [2.75, 3.05) is 47.1 Å². The Labute approximate surface area is 492 Å². The molecule has 11 atom stereocenters. The Balaban J connectivity index is 1.80. The van der Waals surface area contributed by atoms with E-state index in [1.165, 1.54) is 19.1 Å². The molecule has 0 unspecified atom stereocenters. The number of carbonyl (C=O) groups excluding carboxylic acids is 9. The standard InChI is InChI=1S/C53H87N13O19/c1-30-34(64-51(54)55)26-39(49(77)80-3)82-45(30)46(37(72)28-67)84-43(76)18-12-8-6-9-13-23-59-41(74)22-21-36(71)33(63-42(75)17-15-25-61-66-58)20-19-32(70)16-11-7-5-10-14-24-60-53(79)85-47(38(73)29-68)48-44(62-31(2)69)35(65-52(56)57)27-40(83-48)50(78)81-4/h26-27,30,33-35,37-38,44-48,67-68,72-73H,5-25,28-29H2,1-4H3,(H,59,74)(H,60,79)(H,62,69)(H,63,75)(H4,54,55,64)(H4,56,57,65)/t30-,33-,34+,35+,37-,38-,44-,45-,46-,47-,48-/m1/s1. The van der Waals surface area contributed by atoms with Gasteiger partial charge < -0.3 is 93.0 Å². The first-order valence-electron chi connectivity index (χ1n) is 28.2. The molecule has 0 aromatic rings. The van der Waals surface area contributed by atoms with E-state index in [1.54, 1.807) is 6.92 Å². The molecule has 0 saturated heterocycles. The quantitative estimate of drug-likeness (QED) is 0.00516. The number of Topliss-reactive ketones (excluding diaryl/α,β-unsaturated/α-hetero) is 2. The van der Waals surface area contributed by atoms with E-state index in [0.717, 1.165) is 14.2 Å². The fourth-order valence-electron chi connectivity index (χ4n) is 9.09. The van der Waals surface area contributed by atoms with Crippen LogP contribution in [0.4, 0.5) is 4.79 Å². The first-order chi connectivity index (χ1) is 40.5. The summed E-state index contributed by atoms with van der Waals surface area (Å²) in [5.41, 5.74) is 30.9. The fraction of sp³-hybridized carbons (Fsp3) is 0.717. The minimum atomic E-state index is -1.75. The summed E-state index contributed by atoms with van der Waals surface area (Å²) >= 11 is 0. The molecule has 0 saturated carbocycles. The number of ether oxygens (including phenoxy) is 6. The molecule has 0 radical (unpaired) electrons. The molecule has 32 heteroatoms. The van der Waals surface area contributed by atoms with Gasteiger partial charge in [0.25, 0.3) is 0 Å². The van der Waals surface area contributed by atoms with Crippen LogP contribution in [-0.4, -0.2) is 193 Å². The number of aliphatic hydroxyl groups is 4. The number of methoxy groups -OCH3 is 2. The van der Waals surface area contributed by atoms with E-state index in [2.05, 4.69) is 41.3 Å². The van der Waals surface area contributed by atoms with Gasteiger partial charge >= 0.3 is 24.0 Å². The normalized spacial score (nSPS) is 19.7. The van der Waals surface area contributed by atoms with Gasteiger partial charge in [-0.2, -0.15) is 0 Å². The molecule has 2 aliphatic heterocycles. The number of nitrogens with zero attached hydrogens (tertiary/aromatic N) is 5. The second kappa shape index (κ2) is 40.5. The highest BCUT2D eigenvalue weighted by molar-refractivity contribution is 5.92. The van der Waals surface area contributed by atoms with Gasteiger partial charge in [-0.1, -0.05) is 50.6 Å². The second-order valence-electron chi connectivity index (χ2n) is 20.2. The summed E-state index contributed by atoms with van der Waals surface area (Å²) in [6.07, 6.45) is -1.51. The first kappa shape index (κ1) is 73.3. The van der Waals surface area contributed by atoms with Crippen molar-refractivity contribution in [2.24, 2.45) is 44.0 Å². The number of nitrogens with one attached hydrogen (secondary N) is 4. The number of hydrogen-bond donors (Lipinski definition) is 12. The van der Waals surface area contributed by atoms with Crippen molar-refractivity contribution in [3.63, 3.8) is 0 Å². The maximum absolute atomic E-state index is 13.4. The zero-order chi connectivity index (χ0) is 63.4. The number of nitrogens with two attached hydrogens (primary N) is 4. The van der Waals surface area contributed by atoms with Gasteiger partial charge in [-0.3, -0.25) is 28.8 Å². The third-order valence-electron chi connectivity index (χ3n) is 13.5. The molecular weight excluding hydrogens is 1120 g/mol. The van der Waals surface area contributed by atoms with Crippen molar-refractivity contribution in [1.29, 1.82) is 0 Å². The van der Waals surface area contributed by atoms with Crippen LogP contribution in [0.15, 0.2) is 38.8 Å². The van der Waals surface area contributed by atoms with E-state index in [9.17, 15) is 63.6 Å². The number of azide groups is 1. The molecule has 478 valence electrons. The van der Waals surface area contributed by atoms with Gasteiger partial charge in [0, 0.05) is 75.9 Å². The second-order valence-corrected chi connectivity index (χ2v) is 20.2. The van der Waals surface area contributed by atoms with Crippen molar-refractivity contribution in [2.45, 2.75) is 190 Å². The SMILES string of the molecule is COC(=O)C1=C[C@H](N=C(N)N)[C@@H](C)[C@H]([C@H](OC(=O)CCCCCCCNC(=O)CCC(=O)[C@@H](CCC(=O)CCCCCCCNC(=O)O[C@@H]([C@@H]2OC(C(=O)OC)=C[C@H](N=C(N)N)[C@H]2NC(C)=O)[C@H](O)CO)NC(=O)CCCN=[N+]=[N-])[C@H](O)CO)O1. The van der Waals surface area contributed by atoms with Gasteiger partial charge in [0.1, 0.15) is 24.1 Å². The number of carbonyl (C=O) groups is 9. The van der Waals surface area contributed by atoms with Gasteiger partial charge in [-0.25, -0.2) is 24.4 Å². The highest BCUT2D eigenvalue weighted by atomic mass is 16.6. The van der Waals surface area contributed by atoms with Crippen LogP contribution in [0.5, 0.6) is 0 Å². The third kappa shape index (κ3) is 28.1. The van der Waals surface area contributed by atoms with Crippen LogP contribution in [0.3, 0.4) is 0 Å². The molecule has 32 nitrogen and oxygen atoms in total. The van der Waals surface area contributed by atoms with E-state index >= 15 is 0 Å². The molecule has 2 aliphatic rings. The van der Waals surface area contributed by atoms with Gasteiger partial charge in [0.2, 0.25) is 29.2 Å². The number of ketones is 2. The number of esters is 3. The fourth-order valence-corrected chi connectivity index (χ4v) is 9.09. The number of aliphatic imine (C=N–C) groups is 2. The first-order valence-corrected chi connectivity index (χ1v) is 28.2. The molecular formula is C53H87N13O19. The lowest BCUT2D eigenvalue weighted by Gasteiger charge is -2.40. The van der Waals surface area contributed by atoms with Crippen LogP contribution < -0.4 is 44.2 Å². The molecule has 2 rings (SSSR count). The summed E-state index contributed by atoms with van der Waals surface area (Å²) in [5, 5.41) is 54.9. The van der Waals surface area contributed by atoms with Crippen molar-refractivity contribution in [3.8, 4) is 0 Å². The smallest absolute Gasteiger partial charge is 0.407 e. The maximum Gasteiger partial charge on any atom is 0.407 e. The van der Waals surface area contributed by atoms with Crippen LogP contribution >= 0.6 is 0 Å². The molecule has 0 bridgehead atoms. The number of hydrogen-bond acceptors (Lipinski definition) is 22. The zero-order valence-corrected chi connectivity index (χ0v) is 48.7. The summed E-state index contributed by atoms with van der Waals surface area (Å²) in [6, 6.07) is -4.17. The number of unbranched alkanes of at least 4 members (excludes halogenated alkanes) is 8. The van der Waals surface area contributed by atoms with E-state index in [1.807, 2.05) is 0 Å². The minimum Gasteiger partial charge on any atom is -0.479 e. The maximum atomic E-state index is 13.4. The molecule has 0 spiro atoms. The van der Waals surface area contributed by atoms with Gasteiger partial charge in [-0.05, 0) is 56.2 Å². The lowest BCUT2D eigenvalue weighted by Crippen LogP contribution is -2.61. The Morgan fingerprint density at radius 1 is 0.659 bits per heavy atom. The van der Waals surface area contributed by atoms with Crippen molar-refractivity contribution >= 4 is 65.2 Å². The average Bonchev–Trinajstić information content (AvgIpc) is 1.82. The Kier molecular flexibility index (Phi) is 34.9. The zero-order valence-electron chi connectivity index (χ0n) is 48.7. The predicted molar refractivity (Wildman–Crippen MR) is 302 cm³/mol. The van der Waals surface area contributed by atoms with Crippen LogP contribution in [0.25, 0.3) is 10.4 Å². The monoisotopic (exact) mass is 1210 g/mol. The van der Waals surface area contributed by atoms with Crippen LogP contribution in [0, 0.1) is 5.92 Å². The summed E-state index contributed by atoms with van der Waals surface area (Å²) in [6.45, 7) is 1.65. The van der Waals surface area contributed by atoms with Gasteiger partial charge in [-0.15, -0.1) is 0 Å². The summed E-state index contributed by atoms with van der Waals surface area (Å²) in [7, 11) is 2.22. The van der Waals surface area contributed by atoms with Crippen molar-refractivity contribution in [3.05, 3.63) is 34.1 Å². The van der Waals surface area contributed by atoms with Crippen LogP contribution in [0.2, 0.25) is 0 Å². The molecule has 0 aliphatic carbocycles. The topological polar surface area (TPSA) is 516 Å². The summed E-state index contributed by atoms with van der Waals surface area (Å²) in [5.74, 6) is -6.49. The Hall–Kier alpha value is -7.80. The summed E-state index contributed by atoms with van der Waals surface area (Å²) in [4.78, 5) is 125. The van der Waals surface area contributed by atoms with E-state index in [4.69, 9.17) is 56.9 Å². The highest BCUT2D eigenvalue weighted by Gasteiger charge is 2.47. The minimum absolute atomic E-state index is 0.00769. The molecule has 0 fully saturated rings. The molecule has 4 amide bonds. The number of guanidine groups is 2. The lowest BCUT2D eigenvalue weighted by atomic mass is 9.87. The number of amides is 4. The third-order valence-corrected chi connectivity index (χ3v) is 13.5. The number of alkyl carbamates (subject to hydrolysis) is 1. The lowest BCUT2D eigenvalue weighted by molar-refractivity contribution is -0.176. The molecule has 0 aromatic heterocycles. The molecule has 16 N–H and O–H groups in total. The Morgan fingerprint density at radius 3 is 1.75 bits per heavy atom. The molecule has 85 heavy (non-hydrogen) atoms. The van der Waals surface area contributed by atoms with Crippen LogP contribution in [0.1, 0.15) is 129 Å². The summed E-state index contributed by atoms with van der Waals surface area (Å²) < 4.78 is 32.0. The number of aliphatic hydroxyl groups excluding tert-OH is 4. The van der Waals surface area contributed by atoms with Gasteiger partial charge in [0.15, 0.2) is 36.0 Å². The van der Waals surface area contributed by atoms with Crippen molar-refractivity contribution in [1.82, 2.24) is 21.3 Å². The predicted octanol–water partition coefficient (Wildman–Crippen LogP) is -0.893. The molecule has 0 aromatic carbocycles. The Morgan fingerprint density at radius 2 is 1.19 bits per heavy atom. The average molecular weight is 1210 g/mol. The van der Waals surface area contributed by atoms with Crippen LogP contribution in [-0.2, 0) is 66.8 Å².